The average molecular weight is 251 g/mol. The molecule has 96 valence electrons. The maximum absolute atomic E-state index is 13.5. The summed E-state index contributed by atoms with van der Waals surface area (Å²) in [5.41, 5.74) is 6.02. The Morgan fingerprint density at radius 1 is 1.39 bits per heavy atom. The summed E-state index contributed by atoms with van der Waals surface area (Å²) in [6.45, 7) is 2.13. The van der Waals surface area contributed by atoms with Gasteiger partial charge in [0.25, 0.3) is 0 Å². The van der Waals surface area contributed by atoms with E-state index < -0.39 is 11.6 Å². The molecule has 0 aliphatic carbocycles. The van der Waals surface area contributed by atoms with Crippen LogP contribution in [-0.4, -0.2) is 15.6 Å². The van der Waals surface area contributed by atoms with Gasteiger partial charge < -0.3 is 10.3 Å². The number of imidazole rings is 1. The molecule has 2 rings (SSSR count). The fraction of sp³-hybridized carbons (Fsp3) is 0.308. The SMILES string of the molecule is CC(N)Cc1nccn1Cc1cc(F)ccc1F. The summed E-state index contributed by atoms with van der Waals surface area (Å²) < 4.78 is 28.4. The van der Waals surface area contributed by atoms with Gasteiger partial charge >= 0.3 is 0 Å². The van der Waals surface area contributed by atoms with E-state index >= 15 is 0 Å². The van der Waals surface area contributed by atoms with Gasteiger partial charge in [-0.05, 0) is 25.1 Å². The number of benzene rings is 1. The minimum absolute atomic E-state index is 0.0245. The second kappa shape index (κ2) is 5.27. The Bertz CT molecular complexity index is 535. The van der Waals surface area contributed by atoms with Crippen molar-refractivity contribution < 1.29 is 8.78 Å². The van der Waals surface area contributed by atoms with E-state index in [4.69, 9.17) is 5.73 Å². The van der Waals surface area contributed by atoms with Crippen LogP contribution in [0.5, 0.6) is 0 Å². The van der Waals surface area contributed by atoms with Crippen LogP contribution in [-0.2, 0) is 13.0 Å². The Labute approximate surface area is 104 Å². The third kappa shape index (κ3) is 2.92. The van der Waals surface area contributed by atoms with E-state index in [-0.39, 0.29) is 12.6 Å². The van der Waals surface area contributed by atoms with Gasteiger partial charge in [0.05, 0.1) is 6.54 Å². The molecule has 0 aliphatic heterocycles. The number of halogens is 2. The molecule has 5 heteroatoms. The third-order valence-corrected chi connectivity index (χ3v) is 2.65. The van der Waals surface area contributed by atoms with Crippen molar-refractivity contribution in [2.24, 2.45) is 5.73 Å². The quantitative estimate of drug-likeness (QED) is 0.904. The van der Waals surface area contributed by atoms with Crippen LogP contribution in [0.3, 0.4) is 0 Å². The summed E-state index contributed by atoms with van der Waals surface area (Å²) in [5.74, 6) is -0.0919. The molecule has 0 saturated heterocycles. The molecule has 0 radical (unpaired) electrons. The number of hydrogen-bond acceptors (Lipinski definition) is 2. The van der Waals surface area contributed by atoms with Gasteiger partial charge in [-0.1, -0.05) is 0 Å². The first kappa shape index (κ1) is 12.7. The molecule has 0 fully saturated rings. The maximum Gasteiger partial charge on any atom is 0.128 e. The van der Waals surface area contributed by atoms with Crippen LogP contribution in [0.1, 0.15) is 18.3 Å². The lowest BCUT2D eigenvalue weighted by Gasteiger charge is -2.10. The van der Waals surface area contributed by atoms with Crippen LogP contribution >= 0.6 is 0 Å². The van der Waals surface area contributed by atoms with Gasteiger partial charge in [-0.2, -0.15) is 0 Å². The molecule has 3 nitrogen and oxygen atoms in total. The number of aromatic nitrogens is 2. The van der Waals surface area contributed by atoms with Crippen molar-refractivity contribution in [2.45, 2.75) is 25.9 Å². The summed E-state index contributed by atoms with van der Waals surface area (Å²) in [4.78, 5) is 4.17. The molecule has 1 unspecified atom stereocenters. The Morgan fingerprint density at radius 2 is 2.17 bits per heavy atom. The molecule has 18 heavy (non-hydrogen) atoms. The van der Waals surface area contributed by atoms with Gasteiger partial charge in [0, 0.05) is 30.4 Å². The van der Waals surface area contributed by atoms with Gasteiger partial charge in [0.15, 0.2) is 0 Å². The van der Waals surface area contributed by atoms with Crippen LogP contribution < -0.4 is 5.73 Å². The van der Waals surface area contributed by atoms with Crippen LogP contribution in [0.2, 0.25) is 0 Å². The molecule has 0 amide bonds. The van der Waals surface area contributed by atoms with E-state index in [9.17, 15) is 8.78 Å². The lowest BCUT2D eigenvalue weighted by molar-refractivity contribution is 0.569. The van der Waals surface area contributed by atoms with Crippen molar-refractivity contribution in [3.8, 4) is 0 Å². The second-order valence-electron chi connectivity index (χ2n) is 4.39. The molecule has 1 heterocycles. The molecule has 0 spiro atoms. The van der Waals surface area contributed by atoms with Crippen LogP contribution in [0.15, 0.2) is 30.6 Å². The zero-order chi connectivity index (χ0) is 13.1. The van der Waals surface area contributed by atoms with Gasteiger partial charge in [-0.15, -0.1) is 0 Å². The highest BCUT2D eigenvalue weighted by Gasteiger charge is 2.09. The molecule has 0 bridgehead atoms. The summed E-state index contributed by atoms with van der Waals surface area (Å²) in [6.07, 6.45) is 3.97. The first-order valence-electron chi connectivity index (χ1n) is 5.76. The Balaban J connectivity index is 2.23. The van der Waals surface area contributed by atoms with E-state index in [0.29, 0.717) is 12.0 Å². The van der Waals surface area contributed by atoms with Gasteiger partial charge in [-0.25, -0.2) is 13.8 Å². The van der Waals surface area contributed by atoms with Crippen LogP contribution in [0.4, 0.5) is 8.78 Å². The number of nitrogens with zero attached hydrogens (tertiary/aromatic N) is 2. The number of rotatable bonds is 4. The normalized spacial score (nSPS) is 12.7. The van der Waals surface area contributed by atoms with E-state index in [2.05, 4.69) is 4.98 Å². The van der Waals surface area contributed by atoms with Crippen molar-refractivity contribution in [2.75, 3.05) is 0 Å². The van der Waals surface area contributed by atoms with E-state index in [0.717, 1.165) is 18.0 Å². The maximum atomic E-state index is 13.5. The lowest BCUT2D eigenvalue weighted by atomic mass is 10.2. The van der Waals surface area contributed by atoms with Gasteiger partial charge in [-0.3, -0.25) is 0 Å². The van der Waals surface area contributed by atoms with Crippen molar-refractivity contribution in [3.05, 3.63) is 53.6 Å². The zero-order valence-corrected chi connectivity index (χ0v) is 10.1. The largest absolute Gasteiger partial charge is 0.330 e. The van der Waals surface area contributed by atoms with E-state index in [1.165, 1.54) is 6.07 Å². The highest BCUT2D eigenvalue weighted by atomic mass is 19.1. The van der Waals surface area contributed by atoms with Crippen molar-refractivity contribution in [1.29, 1.82) is 0 Å². The number of nitrogens with two attached hydrogens (primary N) is 1. The minimum Gasteiger partial charge on any atom is -0.330 e. The standard InChI is InChI=1S/C13H15F2N3/c1-9(16)6-13-17-4-5-18(13)8-10-7-11(14)2-3-12(10)15/h2-5,7,9H,6,8,16H2,1H3. The highest BCUT2D eigenvalue weighted by molar-refractivity contribution is 5.19. The zero-order valence-electron chi connectivity index (χ0n) is 10.1. The third-order valence-electron chi connectivity index (χ3n) is 2.65. The summed E-state index contributed by atoms with van der Waals surface area (Å²) >= 11 is 0. The fourth-order valence-corrected chi connectivity index (χ4v) is 1.81. The van der Waals surface area contributed by atoms with Crippen molar-refractivity contribution >= 4 is 0 Å². The molecule has 1 atom stereocenters. The van der Waals surface area contributed by atoms with E-state index in [1.807, 2.05) is 6.92 Å². The molecule has 1 aromatic heterocycles. The summed E-state index contributed by atoms with van der Waals surface area (Å²) in [6, 6.07) is 3.41. The highest BCUT2D eigenvalue weighted by Crippen LogP contribution is 2.13. The van der Waals surface area contributed by atoms with Gasteiger partial charge in [0.1, 0.15) is 17.5 Å². The molecular weight excluding hydrogens is 236 g/mol. The molecule has 0 aliphatic rings. The Hall–Kier alpha value is -1.75. The molecule has 0 saturated carbocycles. The smallest absolute Gasteiger partial charge is 0.128 e. The summed E-state index contributed by atoms with van der Waals surface area (Å²) in [7, 11) is 0. The van der Waals surface area contributed by atoms with Crippen LogP contribution in [0, 0.1) is 11.6 Å². The Morgan fingerprint density at radius 3 is 2.89 bits per heavy atom. The number of hydrogen-bond donors (Lipinski definition) is 1. The average Bonchev–Trinajstić information content (AvgIpc) is 2.70. The van der Waals surface area contributed by atoms with E-state index in [1.54, 1.807) is 17.0 Å². The predicted octanol–water partition coefficient (Wildman–Crippen LogP) is 2.10. The lowest BCUT2D eigenvalue weighted by Crippen LogP contribution is -2.20. The van der Waals surface area contributed by atoms with Gasteiger partial charge in [0.2, 0.25) is 0 Å². The molecule has 1 aromatic carbocycles. The van der Waals surface area contributed by atoms with Crippen molar-refractivity contribution in [1.82, 2.24) is 9.55 Å². The first-order valence-corrected chi connectivity index (χ1v) is 5.76. The topological polar surface area (TPSA) is 43.8 Å². The van der Waals surface area contributed by atoms with Crippen molar-refractivity contribution in [3.63, 3.8) is 0 Å². The summed E-state index contributed by atoms with van der Waals surface area (Å²) in [5, 5.41) is 0. The fourth-order valence-electron chi connectivity index (χ4n) is 1.81. The Kier molecular flexibility index (Phi) is 3.72. The minimum atomic E-state index is -0.444. The second-order valence-corrected chi connectivity index (χ2v) is 4.39. The van der Waals surface area contributed by atoms with Crippen LogP contribution in [0.25, 0.3) is 0 Å². The predicted molar refractivity (Wildman–Crippen MR) is 65.0 cm³/mol. The monoisotopic (exact) mass is 251 g/mol. The molecular formula is C13H15F2N3. The molecule has 2 aromatic rings. The molecule has 2 N–H and O–H groups in total. The first-order chi connectivity index (χ1) is 8.56.